The minimum atomic E-state index is -0.976. The zero-order valence-electron chi connectivity index (χ0n) is 9.53. The molecule has 0 unspecified atom stereocenters. The summed E-state index contributed by atoms with van der Waals surface area (Å²) < 4.78 is 1.44. The van der Waals surface area contributed by atoms with E-state index in [1.165, 1.54) is 23.4 Å². The standard InChI is InChI=1S/C11H12N4O2/c1-7(2)9-3-8(11(16)17)4-10(14-9)15-6-12-5-13-15/h3-7H,1-2H3,(H,16,17). The average Bonchev–Trinajstić information content (AvgIpc) is 2.81. The van der Waals surface area contributed by atoms with Crippen molar-refractivity contribution in [2.45, 2.75) is 19.8 Å². The highest BCUT2D eigenvalue weighted by atomic mass is 16.4. The van der Waals surface area contributed by atoms with E-state index in [2.05, 4.69) is 15.1 Å². The lowest BCUT2D eigenvalue weighted by Gasteiger charge is -2.08. The number of aromatic nitrogens is 4. The SMILES string of the molecule is CC(C)c1cc(C(=O)O)cc(-n2cncn2)n1. The minimum Gasteiger partial charge on any atom is -0.478 e. The van der Waals surface area contributed by atoms with Crippen LogP contribution in [0.15, 0.2) is 24.8 Å². The van der Waals surface area contributed by atoms with Crippen LogP contribution in [-0.2, 0) is 0 Å². The van der Waals surface area contributed by atoms with E-state index >= 15 is 0 Å². The van der Waals surface area contributed by atoms with Gasteiger partial charge < -0.3 is 5.11 Å². The number of nitrogens with zero attached hydrogens (tertiary/aromatic N) is 4. The van der Waals surface area contributed by atoms with E-state index in [0.29, 0.717) is 5.82 Å². The molecule has 2 aromatic rings. The van der Waals surface area contributed by atoms with Gasteiger partial charge in [-0.05, 0) is 18.1 Å². The van der Waals surface area contributed by atoms with Crippen LogP contribution in [-0.4, -0.2) is 30.8 Å². The number of rotatable bonds is 3. The number of hydrogen-bond donors (Lipinski definition) is 1. The van der Waals surface area contributed by atoms with Crippen molar-refractivity contribution >= 4 is 5.97 Å². The molecule has 0 fully saturated rings. The van der Waals surface area contributed by atoms with Crippen molar-refractivity contribution in [3.63, 3.8) is 0 Å². The number of hydrogen-bond acceptors (Lipinski definition) is 4. The third kappa shape index (κ3) is 2.30. The second kappa shape index (κ2) is 4.32. The predicted molar refractivity (Wildman–Crippen MR) is 60.2 cm³/mol. The molecule has 0 spiro atoms. The first-order valence-electron chi connectivity index (χ1n) is 5.18. The van der Waals surface area contributed by atoms with Gasteiger partial charge in [-0.3, -0.25) is 0 Å². The maximum absolute atomic E-state index is 11.0. The molecular weight excluding hydrogens is 220 g/mol. The van der Waals surface area contributed by atoms with Crippen LogP contribution in [0.1, 0.15) is 35.8 Å². The van der Waals surface area contributed by atoms with E-state index in [1.807, 2.05) is 13.8 Å². The molecule has 2 aromatic heterocycles. The van der Waals surface area contributed by atoms with Gasteiger partial charge in [-0.1, -0.05) is 13.8 Å². The molecule has 0 atom stereocenters. The number of aromatic carboxylic acids is 1. The molecule has 2 heterocycles. The van der Waals surface area contributed by atoms with Gasteiger partial charge in [0.1, 0.15) is 12.7 Å². The van der Waals surface area contributed by atoms with Crippen LogP contribution in [0.25, 0.3) is 5.82 Å². The van der Waals surface area contributed by atoms with E-state index < -0.39 is 5.97 Å². The molecule has 0 saturated heterocycles. The number of carbonyl (C=O) groups is 1. The average molecular weight is 232 g/mol. The summed E-state index contributed by atoms with van der Waals surface area (Å²) in [6.07, 6.45) is 2.86. The molecule has 0 aliphatic rings. The highest BCUT2D eigenvalue weighted by Gasteiger charge is 2.11. The lowest BCUT2D eigenvalue weighted by Crippen LogP contribution is -2.07. The van der Waals surface area contributed by atoms with Gasteiger partial charge in [-0.15, -0.1) is 0 Å². The summed E-state index contributed by atoms with van der Waals surface area (Å²) >= 11 is 0. The van der Waals surface area contributed by atoms with Crippen LogP contribution in [0.2, 0.25) is 0 Å². The molecule has 88 valence electrons. The Bertz CT molecular complexity index is 534. The fraction of sp³-hybridized carbons (Fsp3) is 0.273. The Morgan fingerprint density at radius 2 is 2.18 bits per heavy atom. The quantitative estimate of drug-likeness (QED) is 0.866. The Kier molecular flexibility index (Phi) is 2.86. The van der Waals surface area contributed by atoms with Gasteiger partial charge in [0.15, 0.2) is 5.82 Å². The molecule has 6 heteroatoms. The fourth-order valence-electron chi connectivity index (χ4n) is 1.40. The second-order valence-corrected chi connectivity index (χ2v) is 3.94. The Morgan fingerprint density at radius 1 is 1.41 bits per heavy atom. The maximum Gasteiger partial charge on any atom is 0.335 e. The van der Waals surface area contributed by atoms with Gasteiger partial charge in [0.05, 0.1) is 5.56 Å². The molecule has 0 aromatic carbocycles. The van der Waals surface area contributed by atoms with Crippen LogP contribution in [0.4, 0.5) is 0 Å². The predicted octanol–water partition coefficient (Wildman–Crippen LogP) is 1.48. The molecule has 6 nitrogen and oxygen atoms in total. The third-order valence-corrected chi connectivity index (χ3v) is 2.32. The molecule has 0 saturated carbocycles. The molecule has 0 radical (unpaired) electrons. The van der Waals surface area contributed by atoms with Gasteiger partial charge in [-0.25, -0.2) is 19.4 Å². The molecule has 0 aliphatic heterocycles. The molecule has 0 amide bonds. The zero-order valence-corrected chi connectivity index (χ0v) is 9.53. The van der Waals surface area contributed by atoms with Crippen molar-refractivity contribution < 1.29 is 9.90 Å². The van der Waals surface area contributed by atoms with E-state index in [4.69, 9.17) is 5.11 Å². The van der Waals surface area contributed by atoms with Crippen molar-refractivity contribution in [1.82, 2.24) is 19.7 Å². The van der Waals surface area contributed by atoms with Crippen LogP contribution in [0, 0.1) is 0 Å². The Morgan fingerprint density at radius 3 is 2.71 bits per heavy atom. The summed E-state index contributed by atoms with van der Waals surface area (Å²) in [5.74, 6) is -0.363. The van der Waals surface area contributed by atoms with Crippen LogP contribution < -0.4 is 0 Å². The van der Waals surface area contributed by atoms with Crippen molar-refractivity contribution in [3.8, 4) is 5.82 Å². The van der Waals surface area contributed by atoms with Crippen molar-refractivity contribution in [2.24, 2.45) is 0 Å². The number of carboxylic acids is 1. The van der Waals surface area contributed by atoms with E-state index in [-0.39, 0.29) is 11.5 Å². The Balaban J connectivity index is 2.56. The molecule has 1 N–H and O–H groups in total. The van der Waals surface area contributed by atoms with Crippen LogP contribution in [0.5, 0.6) is 0 Å². The Hall–Kier alpha value is -2.24. The normalized spacial score (nSPS) is 10.8. The lowest BCUT2D eigenvalue weighted by molar-refractivity contribution is 0.0696. The lowest BCUT2D eigenvalue weighted by atomic mass is 10.1. The van der Waals surface area contributed by atoms with Gasteiger partial charge in [-0.2, -0.15) is 5.10 Å². The van der Waals surface area contributed by atoms with E-state index in [0.717, 1.165) is 5.69 Å². The minimum absolute atomic E-state index is 0.150. The Labute approximate surface area is 98.0 Å². The zero-order chi connectivity index (χ0) is 12.4. The van der Waals surface area contributed by atoms with Crippen molar-refractivity contribution in [1.29, 1.82) is 0 Å². The van der Waals surface area contributed by atoms with Crippen LogP contribution >= 0.6 is 0 Å². The van der Waals surface area contributed by atoms with Crippen molar-refractivity contribution in [2.75, 3.05) is 0 Å². The first-order chi connectivity index (χ1) is 8.08. The molecular formula is C11H12N4O2. The summed E-state index contributed by atoms with van der Waals surface area (Å²) in [6, 6.07) is 3.05. The topological polar surface area (TPSA) is 80.9 Å². The van der Waals surface area contributed by atoms with Gasteiger partial charge in [0, 0.05) is 5.69 Å². The molecule has 2 rings (SSSR count). The smallest absolute Gasteiger partial charge is 0.335 e. The fourth-order valence-corrected chi connectivity index (χ4v) is 1.40. The first kappa shape index (κ1) is 11.3. The molecule has 17 heavy (non-hydrogen) atoms. The third-order valence-electron chi connectivity index (χ3n) is 2.32. The summed E-state index contributed by atoms with van der Waals surface area (Å²) in [6.45, 7) is 3.91. The summed E-state index contributed by atoms with van der Waals surface area (Å²) in [5, 5.41) is 13.0. The monoisotopic (exact) mass is 232 g/mol. The summed E-state index contributed by atoms with van der Waals surface area (Å²) in [5.41, 5.74) is 0.921. The number of pyridine rings is 1. The van der Waals surface area contributed by atoms with Gasteiger partial charge in [0.25, 0.3) is 0 Å². The summed E-state index contributed by atoms with van der Waals surface area (Å²) in [7, 11) is 0. The van der Waals surface area contributed by atoms with E-state index in [1.54, 1.807) is 6.07 Å². The van der Waals surface area contributed by atoms with Gasteiger partial charge >= 0.3 is 5.97 Å². The summed E-state index contributed by atoms with van der Waals surface area (Å²) in [4.78, 5) is 19.2. The number of carboxylic acid groups (broad SMARTS) is 1. The van der Waals surface area contributed by atoms with Crippen LogP contribution in [0.3, 0.4) is 0 Å². The largest absolute Gasteiger partial charge is 0.478 e. The van der Waals surface area contributed by atoms with Gasteiger partial charge in [0.2, 0.25) is 0 Å². The van der Waals surface area contributed by atoms with Crippen molar-refractivity contribution in [3.05, 3.63) is 36.0 Å². The highest BCUT2D eigenvalue weighted by Crippen LogP contribution is 2.16. The van der Waals surface area contributed by atoms with E-state index in [9.17, 15) is 4.79 Å². The molecule has 0 bridgehead atoms. The maximum atomic E-state index is 11.0. The first-order valence-corrected chi connectivity index (χ1v) is 5.18. The molecule has 0 aliphatic carbocycles. The highest BCUT2D eigenvalue weighted by molar-refractivity contribution is 5.88. The second-order valence-electron chi connectivity index (χ2n) is 3.94.